The number of hydrogen-bond acceptors (Lipinski definition) is 2. The van der Waals surface area contributed by atoms with Gasteiger partial charge in [-0.2, -0.15) is 0 Å². The van der Waals surface area contributed by atoms with E-state index in [0.29, 0.717) is 12.2 Å². The Hall–Kier alpha value is -2.16. The van der Waals surface area contributed by atoms with Crippen molar-refractivity contribution in [1.82, 2.24) is 0 Å². The molecule has 104 valence electrons. The Balaban J connectivity index is 1.91. The van der Waals surface area contributed by atoms with Crippen LogP contribution in [0, 0.1) is 19.7 Å². The first-order valence-corrected chi connectivity index (χ1v) is 6.55. The highest BCUT2D eigenvalue weighted by Gasteiger charge is 2.07. The van der Waals surface area contributed by atoms with E-state index in [1.54, 1.807) is 0 Å². The van der Waals surface area contributed by atoms with Crippen molar-refractivity contribution in [2.75, 3.05) is 6.61 Å². The highest BCUT2D eigenvalue weighted by Crippen LogP contribution is 2.19. The summed E-state index contributed by atoms with van der Waals surface area (Å²) in [6.07, 6.45) is 0.277. The molecule has 2 aromatic rings. The van der Waals surface area contributed by atoms with E-state index in [2.05, 4.69) is 0 Å². The molecule has 2 aromatic carbocycles. The van der Waals surface area contributed by atoms with Gasteiger partial charge in [0.25, 0.3) is 0 Å². The minimum absolute atomic E-state index is 0.0460. The predicted octanol–water partition coefficient (Wildman–Crippen LogP) is 4.09. The fourth-order valence-corrected chi connectivity index (χ4v) is 1.90. The Morgan fingerprint density at radius 3 is 2.50 bits per heavy atom. The molecule has 20 heavy (non-hydrogen) atoms. The number of aryl methyl sites for hydroxylation is 2. The molecule has 0 heterocycles. The van der Waals surface area contributed by atoms with Crippen molar-refractivity contribution >= 4 is 5.78 Å². The van der Waals surface area contributed by atoms with Crippen molar-refractivity contribution in [1.29, 1.82) is 0 Å². The molecule has 0 saturated carbocycles. The van der Waals surface area contributed by atoms with E-state index >= 15 is 0 Å². The normalized spacial score (nSPS) is 10.3. The summed E-state index contributed by atoms with van der Waals surface area (Å²) in [6.45, 7) is 4.28. The van der Waals surface area contributed by atoms with Crippen LogP contribution in [0.1, 0.15) is 27.9 Å². The summed E-state index contributed by atoms with van der Waals surface area (Å²) in [5, 5.41) is 0. The van der Waals surface area contributed by atoms with Crippen LogP contribution < -0.4 is 4.74 Å². The quantitative estimate of drug-likeness (QED) is 0.766. The number of rotatable bonds is 5. The van der Waals surface area contributed by atoms with E-state index in [1.807, 2.05) is 32.0 Å². The lowest BCUT2D eigenvalue weighted by atomic mass is 10.1. The molecular weight excluding hydrogens is 255 g/mol. The lowest BCUT2D eigenvalue weighted by molar-refractivity contribution is 0.0962. The number of benzene rings is 2. The van der Waals surface area contributed by atoms with Gasteiger partial charge in [-0.15, -0.1) is 0 Å². The molecule has 0 aliphatic carbocycles. The van der Waals surface area contributed by atoms with Crippen LogP contribution in [0.5, 0.6) is 5.75 Å². The SMILES string of the molecule is Cc1ccc(C)c(OCCC(=O)c2ccc(F)cc2)c1. The topological polar surface area (TPSA) is 26.3 Å². The molecule has 0 N–H and O–H groups in total. The maximum atomic E-state index is 12.8. The molecule has 0 bridgehead atoms. The minimum Gasteiger partial charge on any atom is -0.493 e. The summed E-state index contributed by atoms with van der Waals surface area (Å²) in [5.41, 5.74) is 2.68. The van der Waals surface area contributed by atoms with Gasteiger partial charge in [-0.25, -0.2) is 4.39 Å². The lowest BCUT2D eigenvalue weighted by Crippen LogP contribution is -2.07. The Bertz CT molecular complexity index is 603. The van der Waals surface area contributed by atoms with Crippen LogP contribution in [0.25, 0.3) is 0 Å². The summed E-state index contributed by atoms with van der Waals surface area (Å²) in [5.74, 6) is 0.417. The molecule has 0 fully saturated rings. The molecule has 0 amide bonds. The second-order valence-electron chi connectivity index (χ2n) is 4.80. The van der Waals surface area contributed by atoms with E-state index in [-0.39, 0.29) is 18.0 Å². The van der Waals surface area contributed by atoms with Crippen molar-refractivity contribution in [2.24, 2.45) is 0 Å². The van der Waals surface area contributed by atoms with Crippen LogP contribution in [0.3, 0.4) is 0 Å². The molecule has 0 atom stereocenters. The van der Waals surface area contributed by atoms with Crippen molar-refractivity contribution in [3.63, 3.8) is 0 Å². The van der Waals surface area contributed by atoms with Gasteiger partial charge in [0.2, 0.25) is 0 Å². The van der Waals surface area contributed by atoms with Crippen molar-refractivity contribution < 1.29 is 13.9 Å². The zero-order valence-electron chi connectivity index (χ0n) is 11.7. The fourth-order valence-electron chi connectivity index (χ4n) is 1.90. The van der Waals surface area contributed by atoms with Gasteiger partial charge in [0.05, 0.1) is 6.61 Å². The van der Waals surface area contributed by atoms with Crippen LogP contribution in [0.15, 0.2) is 42.5 Å². The molecule has 2 rings (SSSR count). The Morgan fingerprint density at radius 1 is 1.10 bits per heavy atom. The van der Waals surface area contributed by atoms with Gasteiger partial charge in [0.15, 0.2) is 5.78 Å². The molecule has 3 heteroatoms. The van der Waals surface area contributed by atoms with Gasteiger partial charge in [-0.3, -0.25) is 4.79 Å². The third-order valence-corrected chi connectivity index (χ3v) is 3.10. The third-order valence-electron chi connectivity index (χ3n) is 3.10. The number of Topliss-reactive ketones (excluding diaryl/α,β-unsaturated/α-hetero) is 1. The van der Waals surface area contributed by atoms with E-state index in [0.717, 1.165) is 16.9 Å². The summed E-state index contributed by atoms with van der Waals surface area (Å²) in [7, 11) is 0. The number of hydrogen-bond donors (Lipinski definition) is 0. The average Bonchev–Trinajstić information content (AvgIpc) is 2.43. The largest absolute Gasteiger partial charge is 0.493 e. The van der Waals surface area contributed by atoms with Gasteiger partial charge in [-0.05, 0) is 55.3 Å². The summed E-state index contributed by atoms with van der Waals surface area (Å²) < 4.78 is 18.4. The monoisotopic (exact) mass is 272 g/mol. The van der Waals surface area contributed by atoms with Crippen LogP contribution in [-0.4, -0.2) is 12.4 Å². The minimum atomic E-state index is -0.340. The standard InChI is InChI=1S/C17H17FO2/c1-12-3-4-13(2)17(11-12)20-10-9-16(19)14-5-7-15(18)8-6-14/h3-8,11H,9-10H2,1-2H3. The number of halogens is 1. The second-order valence-corrected chi connectivity index (χ2v) is 4.80. The summed E-state index contributed by atoms with van der Waals surface area (Å²) in [6, 6.07) is 11.5. The molecule has 0 saturated heterocycles. The molecule has 0 aromatic heterocycles. The van der Waals surface area contributed by atoms with Gasteiger partial charge >= 0.3 is 0 Å². The molecule has 0 aliphatic rings. The number of ether oxygens (including phenoxy) is 1. The maximum absolute atomic E-state index is 12.8. The number of ketones is 1. The zero-order valence-corrected chi connectivity index (χ0v) is 11.7. The van der Waals surface area contributed by atoms with Gasteiger partial charge in [0.1, 0.15) is 11.6 Å². The molecule has 2 nitrogen and oxygen atoms in total. The van der Waals surface area contributed by atoms with Crippen molar-refractivity contribution in [3.8, 4) is 5.75 Å². The first-order valence-electron chi connectivity index (χ1n) is 6.55. The molecule has 0 aliphatic heterocycles. The third kappa shape index (κ3) is 3.67. The molecule has 0 unspecified atom stereocenters. The van der Waals surface area contributed by atoms with E-state index < -0.39 is 0 Å². The smallest absolute Gasteiger partial charge is 0.166 e. The Labute approximate surface area is 118 Å². The zero-order chi connectivity index (χ0) is 14.5. The second kappa shape index (κ2) is 6.33. The van der Waals surface area contributed by atoms with E-state index in [4.69, 9.17) is 4.74 Å². The van der Waals surface area contributed by atoms with Gasteiger partial charge in [-0.1, -0.05) is 12.1 Å². The van der Waals surface area contributed by atoms with Gasteiger partial charge in [0, 0.05) is 12.0 Å². The van der Waals surface area contributed by atoms with E-state index in [9.17, 15) is 9.18 Å². The van der Waals surface area contributed by atoms with Crippen molar-refractivity contribution in [2.45, 2.75) is 20.3 Å². The lowest BCUT2D eigenvalue weighted by Gasteiger charge is -2.09. The van der Waals surface area contributed by atoms with Gasteiger partial charge < -0.3 is 4.74 Å². The first-order chi connectivity index (χ1) is 9.56. The van der Waals surface area contributed by atoms with Crippen LogP contribution >= 0.6 is 0 Å². The molecule has 0 radical (unpaired) electrons. The average molecular weight is 272 g/mol. The fraction of sp³-hybridized carbons (Fsp3) is 0.235. The molecular formula is C17H17FO2. The first kappa shape index (κ1) is 14.3. The number of carbonyl (C=O) groups is 1. The summed E-state index contributed by atoms with van der Waals surface area (Å²) >= 11 is 0. The highest BCUT2D eigenvalue weighted by molar-refractivity contribution is 5.96. The maximum Gasteiger partial charge on any atom is 0.166 e. The van der Waals surface area contributed by atoms with Crippen LogP contribution in [0.2, 0.25) is 0 Å². The summed E-state index contributed by atoms with van der Waals surface area (Å²) in [4.78, 5) is 11.9. The molecule has 0 spiro atoms. The van der Waals surface area contributed by atoms with Crippen LogP contribution in [0.4, 0.5) is 4.39 Å². The number of carbonyl (C=O) groups excluding carboxylic acids is 1. The van der Waals surface area contributed by atoms with Crippen molar-refractivity contribution in [3.05, 3.63) is 65.0 Å². The Kier molecular flexibility index (Phi) is 4.51. The predicted molar refractivity (Wildman–Crippen MR) is 76.8 cm³/mol. The van der Waals surface area contributed by atoms with Crippen LogP contribution in [-0.2, 0) is 0 Å². The highest BCUT2D eigenvalue weighted by atomic mass is 19.1. The van der Waals surface area contributed by atoms with E-state index in [1.165, 1.54) is 24.3 Å². The Morgan fingerprint density at radius 2 is 1.80 bits per heavy atom.